The minimum absolute atomic E-state index is 0.283. The van der Waals surface area contributed by atoms with Gasteiger partial charge < -0.3 is 4.42 Å². The molecule has 3 aromatic heterocycles. The number of halogens is 2. The maximum Gasteiger partial charge on any atom is 0.218 e. The highest BCUT2D eigenvalue weighted by atomic mass is 35.5. The molecule has 0 aliphatic heterocycles. The van der Waals surface area contributed by atoms with E-state index >= 15 is 0 Å². The summed E-state index contributed by atoms with van der Waals surface area (Å²) in [6.45, 7) is 0. The number of aromatic nitrogens is 4. The number of rotatable bonds is 1. The first-order valence-electron chi connectivity index (χ1n) is 5.78. The molecule has 5 nitrogen and oxygen atoms in total. The molecule has 0 aliphatic rings. The Morgan fingerprint density at radius 3 is 2.80 bits per heavy atom. The summed E-state index contributed by atoms with van der Waals surface area (Å²) in [5.41, 5.74) is 1.90. The summed E-state index contributed by atoms with van der Waals surface area (Å²) in [5, 5.41) is 5.29. The molecule has 0 unspecified atom stereocenters. The molecule has 3 heterocycles. The lowest BCUT2D eigenvalue weighted by Gasteiger charge is -2.01. The van der Waals surface area contributed by atoms with Gasteiger partial charge in [-0.15, -0.1) is 5.10 Å². The van der Waals surface area contributed by atoms with Gasteiger partial charge in [-0.3, -0.25) is 0 Å². The molecule has 0 fully saturated rings. The van der Waals surface area contributed by atoms with Crippen molar-refractivity contribution in [3.05, 3.63) is 46.8 Å². The van der Waals surface area contributed by atoms with Crippen LogP contribution in [0.15, 0.2) is 41.0 Å². The van der Waals surface area contributed by atoms with Gasteiger partial charge in [-0.1, -0.05) is 23.2 Å². The summed E-state index contributed by atoms with van der Waals surface area (Å²) >= 11 is 12.2. The number of fused-ring (bicyclic) bond motifs is 3. The molecule has 0 spiro atoms. The highest BCUT2D eigenvalue weighted by Gasteiger charge is 2.15. The van der Waals surface area contributed by atoms with Crippen LogP contribution in [-0.4, -0.2) is 19.6 Å². The van der Waals surface area contributed by atoms with Crippen LogP contribution >= 0.6 is 23.2 Å². The normalized spacial score (nSPS) is 11.5. The smallest absolute Gasteiger partial charge is 0.218 e. The quantitative estimate of drug-likeness (QED) is 0.536. The maximum atomic E-state index is 6.15. The molecule has 0 bridgehead atoms. The summed E-state index contributed by atoms with van der Waals surface area (Å²) in [5.74, 6) is 1.02. The van der Waals surface area contributed by atoms with E-state index in [0.29, 0.717) is 27.8 Å². The van der Waals surface area contributed by atoms with E-state index < -0.39 is 0 Å². The molecule has 1 aromatic carbocycles. The standard InChI is InChI=1S/C13H6Cl2N4O/c14-7-3-4-8-9(6-7)19-13(11(15)16-8)17-12(18-19)10-2-1-5-20-10/h1-6H. The van der Waals surface area contributed by atoms with Gasteiger partial charge in [0, 0.05) is 5.02 Å². The average Bonchev–Trinajstić information content (AvgIpc) is 3.08. The van der Waals surface area contributed by atoms with E-state index in [4.69, 9.17) is 27.6 Å². The Labute approximate surface area is 122 Å². The second-order valence-electron chi connectivity index (χ2n) is 4.18. The zero-order chi connectivity index (χ0) is 13.7. The molecular weight excluding hydrogens is 299 g/mol. The van der Waals surface area contributed by atoms with E-state index in [1.165, 1.54) is 0 Å². The largest absolute Gasteiger partial charge is 0.461 e. The molecule has 0 aliphatic carbocycles. The van der Waals surface area contributed by atoms with Crippen molar-refractivity contribution in [1.29, 1.82) is 0 Å². The predicted molar refractivity (Wildman–Crippen MR) is 76.0 cm³/mol. The van der Waals surface area contributed by atoms with Gasteiger partial charge >= 0.3 is 0 Å². The molecule has 7 heteroatoms. The SMILES string of the molecule is Clc1ccc2nc(Cl)c3nc(-c4ccco4)nn3c2c1. The lowest BCUT2D eigenvalue weighted by Crippen LogP contribution is -1.94. The van der Waals surface area contributed by atoms with Gasteiger partial charge in [0.25, 0.3) is 0 Å². The Kier molecular flexibility index (Phi) is 2.45. The Morgan fingerprint density at radius 2 is 2.00 bits per heavy atom. The monoisotopic (exact) mass is 304 g/mol. The van der Waals surface area contributed by atoms with E-state index in [0.717, 1.165) is 5.52 Å². The van der Waals surface area contributed by atoms with Crippen molar-refractivity contribution < 1.29 is 4.42 Å². The zero-order valence-corrected chi connectivity index (χ0v) is 11.4. The fourth-order valence-corrected chi connectivity index (χ4v) is 2.42. The van der Waals surface area contributed by atoms with Crippen molar-refractivity contribution >= 4 is 39.9 Å². The first kappa shape index (κ1) is 11.7. The van der Waals surface area contributed by atoms with Crippen LogP contribution in [0.25, 0.3) is 28.3 Å². The summed E-state index contributed by atoms with van der Waals surface area (Å²) < 4.78 is 6.92. The molecule has 0 saturated carbocycles. The number of hydrogen-bond donors (Lipinski definition) is 0. The van der Waals surface area contributed by atoms with E-state index in [1.54, 1.807) is 41.1 Å². The Morgan fingerprint density at radius 1 is 1.10 bits per heavy atom. The summed E-state index contributed by atoms with van der Waals surface area (Å²) in [6.07, 6.45) is 1.57. The van der Waals surface area contributed by atoms with Gasteiger partial charge in [-0.25, -0.2) is 14.5 Å². The van der Waals surface area contributed by atoms with Crippen LogP contribution in [0.4, 0.5) is 0 Å². The van der Waals surface area contributed by atoms with Crippen molar-refractivity contribution in [3.8, 4) is 11.6 Å². The second-order valence-corrected chi connectivity index (χ2v) is 4.98. The second kappa shape index (κ2) is 4.19. The van der Waals surface area contributed by atoms with Crippen LogP contribution in [0.3, 0.4) is 0 Å². The molecule has 0 atom stereocenters. The topological polar surface area (TPSA) is 56.2 Å². The predicted octanol–water partition coefficient (Wildman–Crippen LogP) is 3.84. The first-order valence-corrected chi connectivity index (χ1v) is 6.53. The first-order chi connectivity index (χ1) is 9.72. The van der Waals surface area contributed by atoms with Crippen LogP contribution in [0.1, 0.15) is 0 Å². The van der Waals surface area contributed by atoms with Crippen molar-refractivity contribution in [2.75, 3.05) is 0 Å². The molecule has 0 N–H and O–H groups in total. The molecule has 0 saturated heterocycles. The lowest BCUT2D eigenvalue weighted by molar-refractivity contribution is 0.577. The summed E-state index contributed by atoms with van der Waals surface area (Å²) in [7, 11) is 0. The highest BCUT2D eigenvalue weighted by Crippen LogP contribution is 2.25. The molecule has 98 valence electrons. The van der Waals surface area contributed by atoms with Gasteiger partial charge in [0.15, 0.2) is 16.6 Å². The van der Waals surface area contributed by atoms with Crippen molar-refractivity contribution in [3.63, 3.8) is 0 Å². The zero-order valence-electron chi connectivity index (χ0n) is 9.92. The van der Waals surface area contributed by atoms with Gasteiger partial charge in [0.1, 0.15) is 0 Å². The molecule has 0 amide bonds. The highest BCUT2D eigenvalue weighted by molar-refractivity contribution is 6.33. The number of hydrogen-bond acceptors (Lipinski definition) is 4. The third-order valence-corrected chi connectivity index (χ3v) is 3.41. The number of furan rings is 1. The van der Waals surface area contributed by atoms with Gasteiger partial charge in [0.2, 0.25) is 5.82 Å². The lowest BCUT2D eigenvalue weighted by atomic mass is 10.3. The molecule has 20 heavy (non-hydrogen) atoms. The molecular formula is C13H6Cl2N4O. The van der Waals surface area contributed by atoms with Crippen LogP contribution in [0, 0.1) is 0 Å². The van der Waals surface area contributed by atoms with E-state index in [9.17, 15) is 0 Å². The van der Waals surface area contributed by atoms with Gasteiger partial charge in [-0.2, -0.15) is 0 Å². The third-order valence-electron chi connectivity index (χ3n) is 2.92. The van der Waals surface area contributed by atoms with Crippen LogP contribution in [0.5, 0.6) is 0 Å². The number of benzene rings is 1. The van der Waals surface area contributed by atoms with E-state index in [2.05, 4.69) is 15.1 Å². The van der Waals surface area contributed by atoms with Crippen LogP contribution in [-0.2, 0) is 0 Å². The van der Waals surface area contributed by atoms with Crippen LogP contribution in [0.2, 0.25) is 10.2 Å². The summed E-state index contributed by atoms with van der Waals surface area (Å²) in [6, 6.07) is 8.87. The summed E-state index contributed by atoms with van der Waals surface area (Å²) in [4.78, 5) is 8.65. The molecule has 0 radical (unpaired) electrons. The minimum atomic E-state index is 0.283. The van der Waals surface area contributed by atoms with E-state index in [-0.39, 0.29) is 5.15 Å². The van der Waals surface area contributed by atoms with Crippen LogP contribution < -0.4 is 0 Å². The van der Waals surface area contributed by atoms with Crippen molar-refractivity contribution in [2.45, 2.75) is 0 Å². The Bertz CT molecular complexity index is 931. The molecule has 4 aromatic rings. The third kappa shape index (κ3) is 1.67. The fraction of sp³-hybridized carbons (Fsp3) is 0. The molecule has 4 rings (SSSR count). The average molecular weight is 305 g/mol. The number of nitrogens with zero attached hydrogens (tertiary/aromatic N) is 4. The Balaban J connectivity index is 2.12. The maximum absolute atomic E-state index is 6.15. The van der Waals surface area contributed by atoms with Gasteiger partial charge in [-0.05, 0) is 30.3 Å². The van der Waals surface area contributed by atoms with Crippen molar-refractivity contribution in [1.82, 2.24) is 19.6 Å². The Hall–Kier alpha value is -2.11. The fourth-order valence-electron chi connectivity index (χ4n) is 2.04. The van der Waals surface area contributed by atoms with Gasteiger partial charge in [0.05, 0.1) is 17.3 Å². The van der Waals surface area contributed by atoms with E-state index in [1.807, 2.05) is 0 Å². The van der Waals surface area contributed by atoms with Crippen molar-refractivity contribution in [2.24, 2.45) is 0 Å². The minimum Gasteiger partial charge on any atom is -0.461 e.